The van der Waals surface area contributed by atoms with Crippen LogP contribution in [0.15, 0.2) is 36.4 Å². The Morgan fingerprint density at radius 1 is 0.526 bits per heavy atom. The van der Waals surface area contributed by atoms with Crippen LogP contribution in [0.2, 0.25) is 20.1 Å². The van der Waals surface area contributed by atoms with E-state index in [1.807, 2.05) is 42.1 Å². The molecular formula is C58H92Cl4N4O10. The summed E-state index contributed by atoms with van der Waals surface area (Å²) in [7, 11) is 3.96. The molecule has 2 N–H and O–H groups in total. The lowest BCUT2D eigenvalue weighted by Gasteiger charge is -2.50. The first-order valence-corrected chi connectivity index (χ1v) is 29.8. The molecule has 0 unspecified atom stereocenters. The highest BCUT2D eigenvalue weighted by Crippen LogP contribution is 2.47. The lowest BCUT2D eigenvalue weighted by Crippen LogP contribution is -2.57. The minimum atomic E-state index is 0.00984. The molecule has 2 aromatic carbocycles. The second kappa shape index (κ2) is 35.1. The van der Waals surface area contributed by atoms with E-state index >= 15 is 0 Å². The predicted molar refractivity (Wildman–Crippen MR) is 304 cm³/mol. The Morgan fingerprint density at radius 3 is 1.34 bits per heavy atom. The number of hydrogen-bond acceptors (Lipinski definition) is 12. The summed E-state index contributed by atoms with van der Waals surface area (Å²) in [6, 6.07) is 12.1. The zero-order valence-corrected chi connectivity index (χ0v) is 49.3. The zero-order valence-electron chi connectivity index (χ0n) is 46.3. The quantitative estimate of drug-likeness (QED) is 0.0674. The van der Waals surface area contributed by atoms with Crippen LogP contribution in [0, 0.1) is 10.8 Å². The number of halogens is 4. The molecule has 0 spiro atoms. The van der Waals surface area contributed by atoms with Crippen LogP contribution in [0.1, 0.15) is 115 Å². The number of amides is 2. The van der Waals surface area contributed by atoms with Crippen molar-refractivity contribution in [2.24, 2.45) is 10.8 Å². The van der Waals surface area contributed by atoms with Crippen molar-refractivity contribution >= 4 is 58.2 Å². The van der Waals surface area contributed by atoms with Crippen molar-refractivity contribution in [3.63, 3.8) is 0 Å². The largest absolute Gasteiger partial charge is 0.394 e. The van der Waals surface area contributed by atoms with Crippen LogP contribution >= 0.6 is 46.4 Å². The molecule has 2 heterocycles. The van der Waals surface area contributed by atoms with E-state index in [4.69, 9.17) is 85.0 Å². The topological polar surface area (TPSA) is 143 Å². The molecule has 14 nitrogen and oxygen atoms in total. The smallest absolute Gasteiger partial charge is 0.227 e. The third-order valence-electron chi connectivity index (χ3n) is 16.8. The number of likely N-dealkylation sites (tertiary alicyclic amines) is 2. The standard InChI is InChI=1S/C35H58Cl2N2O9.C23H34Cl2N2O/c1-38(34(42)27-29-4-5-30(36)31(37)26-29)32-6-7-35(28-33(32)39-10-2-3-11-39,8-14-43-18-22-47-24-20-45-16-12-40)9-15-44-19-23-48-25-21-46-17-13-41;1-4-23(5-2)11-10-20(27-12-6-7-13-27)21(16-23)26(3)22(28)15-17-8-9-18(24)19(25)14-17/h4-5,26,32-33,40-41H,2-3,6-25,27-28H2,1H3;8-9,14,20-21H,4-7,10-13,15-16H2,1-3H3/t32-,33-;20-,21-/m11/s1. The number of carbonyl (C=O) groups is 2. The molecule has 2 amide bonds. The van der Waals surface area contributed by atoms with Crippen LogP contribution in [0.5, 0.6) is 0 Å². The maximum atomic E-state index is 13.6. The first-order valence-electron chi connectivity index (χ1n) is 28.3. The van der Waals surface area contributed by atoms with Gasteiger partial charge in [-0.25, -0.2) is 0 Å². The maximum Gasteiger partial charge on any atom is 0.227 e. The van der Waals surface area contributed by atoms with Crippen LogP contribution in [0.25, 0.3) is 0 Å². The number of aliphatic hydroxyl groups excluding tert-OH is 2. The number of benzene rings is 2. The molecule has 0 aromatic heterocycles. The summed E-state index contributed by atoms with van der Waals surface area (Å²) in [5.74, 6) is 0.265. The van der Waals surface area contributed by atoms with Gasteiger partial charge in [0.05, 0.1) is 112 Å². The fourth-order valence-corrected chi connectivity index (χ4v) is 12.6. The molecular weight excluding hydrogens is 1050 g/mol. The van der Waals surface area contributed by atoms with Crippen LogP contribution < -0.4 is 0 Å². The van der Waals surface area contributed by atoms with Crippen molar-refractivity contribution in [3.05, 3.63) is 67.6 Å². The number of ether oxygens (including phenoxy) is 6. The number of hydrogen-bond donors (Lipinski definition) is 2. The van der Waals surface area contributed by atoms with Gasteiger partial charge in [0, 0.05) is 51.5 Å². The number of rotatable bonds is 32. The third-order valence-corrected chi connectivity index (χ3v) is 18.3. The van der Waals surface area contributed by atoms with Crippen molar-refractivity contribution in [1.29, 1.82) is 0 Å². The first kappa shape index (κ1) is 65.0. The molecule has 2 saturated carbocycles. The van der Waals surface area contributed by atoms with E-state index in [0.29, 0.717) is 123 Å². The van der Waals surface area contributed by atoms with Crippen LogP contribution in [-0.2, 0) is 50.9 Å². The van der Waals surface area contributed by atoms with Gasteiger partial charge in [-0.2, -0.15) is 0 Å². The van der Waals surface area contributed by atoms with Crippen molar-refractivity contribution < 1.29 is 48.2 Å². The van der Waals surface area contributed by atoms with E-state index in [1.54, 1.807) is 18.2 Å². The second-order valence-corrected chi connectivity index (χ2v) is 23.1. The molecule has 2 aromatic rings. The Balaban J connectivity index is 0.000000321. The van der Waals surface area contributed by atoms with Gasteiger partial charge in [0.25, 0.3) is 0 Å². The average molecular weight is 1150 g/mol. The number of likely N-dealkylation sites (N-methyl/N-ethyl adjacent to an activating group) is 2. The summed E-state index contributed by atoms with van der Waals surface area (Å²) in [5.41, 5.74) is 2.19. The Bertz CT molecular complexity index is 1950. The van der Waals surface area contributed by atoms with Gasteiger partial charge in [0.2, 0.25) is 11.8 Å². The van der Waals surface area contributed by atoms with Crippen LogP contribution in [-0.4, -0.2) is 199 Å². The normalized spacial score (nSPS) is 21.6. The summed E-state index contributed by atoms with van der Waals surface area (Å²) >= 11 is 24.5. The van der Waals surface area contributed by atoms with Crippen LogP contribution in [0.4, 0.5) is 0 Å². The number of carbonyl (C=O) groups excluding carboxylic acids is 2. The fourth-order valence-electron chi connectivity index (χ4n) is 12.0. The summed E-state index contributed by atoms with van der Waals surface area (Å²) in [6.45, 7) is 14.9. The molecule has 0 radical (unpaired) electrons. The molecule has 432 valence electrons. The lowest BCUT2D eigenvalue weighted by atomic mass is 9.66. The molecule has 2 aliphatic heterocycles. The molecule has 4 atom stereocenters. The Hall–Kier alpha value is -1.86. The molecule has 4 fully saturated rings. The minimum absolute atomic E-state index is 0.00984. The van der Waals surface area contributed by atoms with E-state index in [2.05, 4.69) is 23.6 Å². The Kier molecular flexibility index (Phi) is 30.0. The Morgan fingerprint density at radius 2 is 0.921 bits per heavy atom. The van der Waals surface area contributed by atoms with E-state index in [9.17, 15) is 9.59 Å². The first-order chi connectivity index (χ1) is 36.8. The molecule has 4 aliphatic rings. The van der Waals surface area contributed by atoms with Crippen molar-refractivity contribution in [2.45, 2.75) is 141 Å². The highest BCUT2D eigenvalue weighted by Gasteiger charge is 2.46. The van der Waals surface area contributed by atoms with E-state index in [0.717, 1.165) is 62.7 Å². The van der Waals surface area contributed by atoms with Gasteiger partial charge in [-0.3, -0.25) is 19.4 Å². The predicted octanol–water partition coefficient (Wildman–Crippen LogP) is 9.68. The zero-order chi connectivity index (χ0) is 54.8. The van der Waals surface area contributed by atoms with Gasteiger partial charge < -0.3 is 48.4 Å². The van der Waals surface area contributed by atoms with Gasteiger partial charge >= 0.3 is 0 Å². The monoisotopic (exact) mass is 1140 g/mol. The minimum Gasteiger partial charge on any atom is -0.394 e. The highest BCUT2D eigenvalue weighted by atomic mass is 35.5. The van der Waals surface area contributed by atoms with E-state index in [-0.39, 0.29) is 48.9 Å². The van der Waals surface area contributed by atoms with Gasteiger partial charge in [-0.1, -0.05) is 85.2 Å². The second-order valence-electron chi connectivity index (χ2n) is 21.4. The fraction of sp³-hybridized carbons (Fsp3) is 0.759. The van der Waals surface area contributed by atoms with Crippen LogP contribution in [0.3, 0.4) is 0 Å². The molecule has 2 saturated heterocycles. The summed E-state index contributed by atoms with van der Waals surface area (Å²) in [6.07, 6.45) is 16.3. The van der Waals surface area contributed by atoms with Crippen molar-refractivity contribution in [2.75, 3.05) is 133 Å². The van der Waals surface area contributed by atoms with E-state index in [1.165, 1.54) is 64.5 Å². The Labute approximate surface area is 475 Å². The maximum absolute atomic E-state index is 13.6. The average Bonchev–Trinajstić information content (AvgIpc) is 4.19. The van der Waals surface area contributed by atoms with Gasteiger partial charge in [0.1, 0.15) is 0 Å². The molecule has 6 rings (SSSR count). The number of aliphatic hydroxyl groups is 2. The SMILES string of the molecule is CCC1(CC)CC[C@@H](N2CCCC2)[C@H](N(C)C(=O)Cc2ccc(Cl)c(Cl)c2)C1.CN(C(=O)Cc1ccc(Cl)c(Cl)c1)[C@@H]1CCC(CCOCCOCCOCCO)(CCOCCOCCOCCO)C[C@H]1N1CCCC1. The third kappa shape index (κ3) is 20.9. The molecule has 0 bridgehead atoms. The van der Waals surface area contributed by atoms with E-state index < -0.39 is 0 Å². The van der Waals surface area contributed by atoms with Gasteiger partial charge in [-0.05, 0) is 149 Å². The molecule has 18 heteroatoms. The van der Waals surface area contributed by atoms with Gasteiger partial charge in [0.15, 0.2) is 0 Å². The van der Waals surface area contributed by atoms with Crippen molar-refractivity contribution in [3.8, 4) is 0 Å². The highest BCUT2D eigenvalue weighted by molar-refractivity contribution is 6.42. The lowest BCUT2D eigenvalue weighted by molar-refractivity contribution is -0.135. The van der Waals surface area contributed by atoms with Gasteiger partial charge in [-0.15, -0.1) is 0 Å². The molecule has 2 aliphatic carbocycles. The van der Waals surface area contributed by atoms with Crippen molar-refractivity contribution in [1.82, 2.24) is 19.6 Å². The number of nitrogens with zero attached hydrogens (tertiary/aromatic N) is 4. The summed E-state index contributed by atoms with van der Waals surface area (Å²) in [5, 5.41) is 19.6. The molecule has 76 heavy (non-hydrogen) atoms. The summed E-state index contributed by atoms with van der Waals surface area (Å²) in [4.78, 5) is 36.1. The summed E-state index contributed by atoms with van der Waals surface area (Å²) < 4.78 is 33.8.